The van der Waals surface area contributed by atoms with Gasteiger partial charge in [-0.1, -0.05) is 34.1 Å². The molecule has 164 valence electrons. The summed E-state index contributed by atoms with van der Waals surface area (Å²) in [6.45, 7) is 0. The molecule has 1 aliphatic rings. The lowest BCUT2D eigenvalue weighted by molar-refractivity contribution is -0.115. The summed E-state index contributed by atoms with van der Waals surface area (Å²) in [6.07, 6.45) is 1.75. The van der Waals surface area contributed by atoms with Gasteiger partial charge in [0, 0.05) is 21.3 Å². The van der Waals surface area contributed by atoms with Gasteiger partial charge in [0.2, 0.25) is 5.91 Å². The van der Waals surface area contributed by atoms with Crippen LogP contribution in [-0.2, 0) is 24.1 Å². The quantitative estimate of drug-likeness (QED) is 0.336. The van der Waals surface area contributed by atoms with Crippen LogP contribution in [0.1, 0.15) is 16.8 Å². The number of amides is 1. The van der Waals surface area contributed by atoms with Gasteiger partial charge in [0.1, 0.15) is 11.4 Å². The number of carbonyl (C=O) groups excluding carboxylic acids is 1. The summed E-state index contributed by atoms with van der Waals surface area (Å²) in [5.74, 6) is 0.405. The van der Waals surface area contributed by atoms with Crippen molar-refractivity contribution in [1.82, 2.24) is 9.97 Å². The fourth-order valence-corrected chi connectivity index (χ4v) is 4.30. The van der Waals surface area contributed by atoms with E-state index in [0.29, 0.717) is 17.9 Å². The first-order valence-electron chi connectivity index (χ1n) is 10.6. The van der Waals surface area contributed by atoms with Gasteiger partial charge in [-0.3, -0.25) is 4.79 Å². The van der Waals surface area contributed by atoms with Crippen molar-refractivity contribution in [3.63, 3.8) is 0 Å². The van der Waals surface area contributed by atoms with E-state index in [1.807, 2.05) is 42.5 Å². The molecule has 7 heteroatoms. The number of hydrogen-bond acceptors (Lipinski definition) is 5. The number of fused-ring (bicyclic) bond motifs is 3. The number of phenols is 1. The van der Waals surface area contributed by atoms with Crippen LogP contribution in [0.5, 0.6) is 5.75 Å². The van der Waals surface area contributed by atoms with Crippen LogP contribution in [0.3, 0.4) is 0 Å². The van der Waals surface area contributed by atoms with E-state index in [-0.39, 0.29) is 18.1 Å². The second-order valence-electron chi connectivity index (χ2n) is 8.03. The number of nitrogen functional groups attached to an aromatic ring is 1. The largest absolute Gasteiger partial charge is 0.508 e. The zero-order valence-electron chi connectivity index (χ0n) is 17.7. The van der Waals surface area contributed by atoms with Crippen molar-refractivity contribution >= 4 is 33.3 Å². The third-order valence-corrected chi connectivity index (χ3v) is 6.19. The van der Waals surface area contributed by atoms with Crippen LogP contribution in [0.15, 0.2) is 71.2 Å². The van der Waals surface area contributed by atoms with Crippen molar-refractivity contribution in [2.24, 2.45) is 0 Å². The first-order chi connectivity index (χ1) is 16.0. The summed E-state index contributed by atoms with van der Waals surface area (Å²) in [7, 11) is 0. The Hall–Kier alpha value is -3.71. The predicted molar refractivity (Wildman–Crippen MR) is 133 cm³/mol. The summed E-state index contributed by atoms with van der Waals surface area (Å²) < 4.78 is 0.962. The smallest absolute Gasteiger partial charge is 0.230 e. The standard InChI is InChI=1S/C26H21BrN4O2/c27-18-6-1-15(2-7-18)13-23(33)30-26-24(16-3-9-20(32)10-4-16)31-25-21-11-8-19(28)14-17(21)5-12-22(25)29-26/h1-4,6-11,14,32H,5,12-13,28H2,(H,29,30,33). The van der Waals surface area contributed by atoms with Crippen LogP contribution < -0.4 is 11.1 Å². The first kappa shape index (κ1) is 21.2. The van der Waals surface area contributed by atoms with Crippen LogP contribution in [0.2, 0.25) is 0 Å². The van der Waals surface area contributed by atoms with Gasteiger partial charge in [0.05, 0.1) is 17.8 Å². The van der Waals surface area contributed by atoms with Gasteiger partial charge < -0.3 is 16.2 Å². The van der Waals surface area contributed by atoms with Crippen LogP contribution in [0.25, 0.3) is 22.5 Å². The van der Waals surface area contributed by atoms with E-state index >= 15 is 0 Å². The van der Waals surface area contributed by atoms with Gasteiger partial charge in [0.15, 0.2) is 5.82 Å². The molecule has 0 unspecified atom stereocenters. The van der Waals surface area contributed by atoms with E-state index in [1.165, 1.54) is 0 Å². The molecule has 5 rings (SSSR count). The molecule has 1 aromatic heterocycles. The molecule has 0 aliphatic heterocycles. The monoisotopic (exact) mass is 500 g/mol. The van der Waals surface area contributed by atoms with Gasteiger partial charge in [-0.15, -0.1) is 0 Å². The lowest BCUT2D eigenvalue weighted by Gasteiger charge is -2.21. The SMILES string of the molecule is Nc1ccc2c(c1)CCc1nc(NC(=O)Cc3ccc(Br)cc3)c(-c3ccc(O)cc3)nc1-2. The molecule has 0 spiro atoms. The number of nitrogens with two attached hydrogens (primary N) is 1. The first-order valence-corrected chi connectivity index (χ1v) is 11.4. The highest BCUT2D eigenvalue weighted by Crippen LogP contribution is 2.36. The molecule has 0 saturated heterocycles. The van der Waals surface area contributed by atoms with Gasteiger partial charge in [0.25, 0.3) is 0 Å². The second kappa shape index (κ2) is 8.67. The van der Waals surface area contributed by atoms with Crippen molar-refractivity contribution in [1.29, 1.82) is 0 Å². The molecular weight excluding hydrogens is 480 g/mol. The maximum atomic E-state index is 12.9. The van der Waals surface area contributed by atoms with Crippen molar-refractivity contribution in [3.8, 4) is 28.3 Å². The molecule has 4 N–H and O–H groups in total. The van der Waals surface area contributed by atoms with E-state index in [2.05, 4.69) is 21.2 Å². The topological polar surface area (TPSA) is 101 Å². The summed E-state index contributed by atoms with van der Waals surface area (Å²) in [5.41, 5.74) is 12.7. The Morgan fingerprint density at radius 2 is 1.73 bits per heavy atom. The number of carbonyl (C=O) groups is 1. The molecule has 1 heterocycles. The summed E-state index contributed by atoms with van der Waals surface area (Å²) in [5, 5.41) is 12.7. The Bertz CT molecular complexity index is 1350. The number of aryl methyl sites for hydroxylation is 2. The number of benzene rings is 3. The minimum Gasteiger partial charge on any atom is -0.508 e. The molecule has 4 aromatic rings. The Balaban J connectivity index is 1.55. The average Bonchev–Trinajstić information content (AvgIpc) is 2.80. The van der Waals surface area contributed by atoms with E-state index in [4.69, 9.17) is 15.7 Å². The highest BCUT2D eigenvalue weighted by Gasteiger charge is 2.23. The van der Waals surface area contributed by atoms with Gasteiger partial charge in [-0.05, 0) is 72.5 Å². The molecular formula is C26H21BrN4O2. The van der Waals surface area contributed by atoms with E-state index in [1.54, 1.807) is 24.3 Å². The van der Waals surface area contributed by atoms with Crippen molar-refractivity contribution < 1.29 is 9.90 Å². The molecule has 0 saturated carbocycles. The van der Waals surface area contributed by atoms with Gasteiger partial charge >= 0.3 is 0 Å². The second-order valence-corrected chi connectivity index (χ2v) is 8.95. The normalized spacial score (nSPS) is 12.0. The third-order valence-electron chi connectivity index (χ3n) is 5.66. The summed E-state index contributed by atoms with van der Waals surface area (Å²) >= 11 is 3.41. The molecule has 0 fully saturated rings. The molecule has 1 amide bonds. The van der Waals surface area contributed by atoms with E-state index < -0.39 is 0 Å². The molecule has 0 radical (unpaired) electrons. The molecule has 0 bridgehead atoms. The van der Waals surface area contributed by atoms with E-state index in [0.717, 1.165) is 50.2 Å². The number of halogens is 1. The van der Waals surface area contributed by atoms with Crippen molar-refractivity contribution in [2.75, 3.05) is 11.1 Å². The highest BCUT2D eigenvalue weighted by atomic mass is 79.9. The summed E-state index contributed by atoms with van der Waals surface area (Å²) in [4.78, 5) is 22.6. The number of rotatable bonds is 4. The third kappa shape index (κ3) is 4.45. The number of hydrogen-bond donors (Lipinski definition) is 3. The van der Waals surface area contributed by atoms with E-state index in [9.17, 15) is 9.90 Å². The minimum absolute atomic E-state index is 0.159. The van der Waals surface area contributed by atoms with Crippen LogP contribution >= 0.6 is 15.9 Å². The average molecular weight is 501 g/mol. The fourth-order valence-electron chi connectivity index (χ4n) is 4.04. The summed E-state index contributed by atoms with van der Waals surface area (Å²) in [6, 6.07) is 20.2. The highest BCUT2D eigenvalue weighted by molar-refractivity contribution is 9.10. The lowest BCUT2D eigenvalue weighted by Crippen LogP contribution is -2.19. The Morgan fingerprint density at radius 3 is 2.48 bits per heavy atom. The lowest BCUT2D eigenvalue weighted by atomic mass is 9.91. The zero-order chi connectivity index (χ0) is 22.9. The van der Waals surface area contributed by atoms with Gasteiger partial charge in [-0.2, -0.15) is 0 Å². The maximum absolute atomic E-state index is 12.9. The molecule has 0 atom stereocenters. The maximum Gasteiger partial charge on any atom is 0.230 e. The van der Waals surface area contributed by atoms with Crippen LogP contribution in [0, 0.1) is 0 Å². The Kier molecular flexibility index (Phi) is 5.56. The van der Waals surface area contributed by atoms with Crippen molar-refractivity contribution in [3.05, 3.63) is 88.0 Å². The zero-order valence-corrected chi connectivity index (χ0v) is 19.3. The molecule has 1 aliphatic carbocycles. The number of anilines is 2. The van der Waals surface area contributed by atoms with Crippen LogP contribution in [-0.4, -0.2) is 21.0 Å². The fraction of sp³-hybridized carbons (Fsp3) is 0.115. The molecule has 33 heavy (non-hydrogen) atoms. The Labute approximate surface area is 199 Å². The van der Waals surface area contributed by atoms with Crippen molar-refractivity contribution in [2.45, 2.75) is 19.3 Å². The number of nitrogens with zero attached hydrogens (tertiary/aromatic N) is 2. The number of phenolic OH excluding ortho intramolecular Hbond substituents is 1. The number of aromatic nitrogens is 2. The predicted octanol–water partition coefficient (Wildman–Crippen LogP) is 5.14. The number of aromatic hydroxyl groups is 1. The Morgan fingerprint density at radius 1 is 0.970 bits per heavy atom. The molecule has 6 nitrogen and oxygen atoms in total. The molecule has 3 aromatic carbocycles. The van der Waals surface area contributed by atoms with Crippen LogP contribution in [0.4, 0.5) is 11.5 Å². The minimum atomic E-state index is -0.171. The van der Waals surface area contributed by atoms with Gasteiger partial charge in [-0.25, -0.2) is 9.97 Å². The number of nitrogens with one attached hydrogen (secondary N) is 1.